The summed E-state index contributed by atoms with van der Waals surface area (Å²) in [4.78, 5) is 18.5. The van der Waals surface area contributed by atoms with E-state index in [2.05, 4.69) is 63.2 Å². The topological polar surface area (TPSA) is 57.2 Å². The monoisotopic (exact) mass is 374 g/mol. The van der Waals surface area contributed by atoms with Crippen molar-refractivity contribution in [2.75, 3.05) is 41.3 Å². The maximum Gasteiger partial charge on any atom is 0.227 e. The number of nitrogens with zero attached hydrogens (tertiary/aromatic N) is 5. The summed E-state index contributed by atoms with van der Waals surface area (Å²) >= 11 is 0. The second-order valence-corrected chi connectivity index (χ2v) is 7.23. The molecular formula is C22H26N6. The van der Waals surface area contributed by atoms with Gasteiger partial charge in [0.05, 0.1) is 0 Å². The Hall–Kier alpha value is -3.15. The Bertz CT molecular complexity index is 948. The molecule has 1 saturated heterocycles. The molecule has 1 aliphatic heterocycles. The highest BCUT2D eigenvalue weighted by Gasteiger charge is 2.20. The average Bonchev–Trinajstić information content (AvgIpc) is 2.72. The van der Waals surface area contributed by atoms with Crippen molar-refractivity contribution in [2.45, 2.75) is 20.8 Å². The highest BCUT2D eigenvalue weighted by molar-refractivity contribution is 5.63. The van der Waals surface area contributed by atoms with E-state index in [1.165, 1.54) is 11.1 Å². The van der Waals surface area contributed by atoms with Gasteiger partial charge in [0, 0.05) is 49.8 Å². The first-order valence-corrected chi connectivity index (χ1v) is 9.70. The van der Waals surface area contributed by atoms with Crippen LogP contribution in [-0.4, -0.2) is 41.1 Å². The van der Waals surface area contributed by atoms with Crippen LogP contribution in [0.1, 0.15) is 16.8 Å². The summed E-state index contributed by atoms with van der Waals surface area (Å²) < 4.78 is 0. The number of aryl methyl sites for hydroxylation is 2. The lowest BCUT2D eigenvalue weighted by Crippen LogP contribution is -2.47. The minimum absolute atomic E-state index is 0.786. The van der Waals surface area contributed by atoms with Crippen molar-refractivity contribution in [3.05, 3.63) is 65.5 Å². The van der Waals surface area contributed by atoms with Crippen LogP contribution in [0.25, 0.3) is 0 Å². The smallest absolute Gasteiger partial charge is 0.227 e. The first-order chi connectivity index (χ1) is 13.6. The van der Waals surface area contributed by atoms with Crippen molar-refractivity contribution < 1.29 is 0 Å². The molecule has 3 heterocycles. The van der Waals surface area contributed by atoms with Gasteiger partial charge in [0.15, 0.2) is 0 Å². The lowest BCUT2D eigenvalue weighted by atomic mass is 10.1. The van der Waals surface area contributed by atoms with Crippen LogP contribution in [0.15, 0.2) is 48.7 Å². The van der Waals surface area contributed by atoms with E-state index in [1.54, 1.807) is 0 Å². The minimum atomic E-state index is 0.786. The average molecular weight is 374 g/mol. The van der Waals surface area contributed by atoms with Crippen molar-refractivity contribution in [2.24, 2.45) is 0 Å². The molecule has 1 N–H and O–H groups in total. The van der Waals surface area contributed by atoms with E-state index in [0.29, 0.717) is 0 Å². The molecule has 0 atom stereocenters. The molecule has 0 unspecified atom stereocenters. The summed E-state index contributed by atoms with van der Waals surface area (Å²) in [5.41, 5.74) is 4.56. The van der Waals surface area contributed by atoms with Crippen molar-refractivity contribution >= 4 is 23.3 Å². The van der Waals surface area contributed by atoms with Crippen molar-refractivity contribution in [1.82, 2.24) is 15.0 Å². The molecule has 2 aromatic heterocycles. The molecule has 4 rings (SSSR count). The number of piperazine rings is 1. The summed E-state index contributed by atoms with van der Waals surface area (Å²) in [6, 6.07) is 14.3. The van der Waals surface area contributed by atoms with Crippen LogP contribution < -0.4 is 15.1 Å². The van der Waals surface area contributed by atoms with Crippen molar-refractivity contribution in [1.29, 1.82) is 0 Å². The van der Waals surface area contributed by atoms with Crippen LogP contribution in [0.4, 0.5) is 23.3 Å². The van der Waals surface area contributed by atoms with E-state index in [1.807, 2.05) is 31.3 Å². The maximum absolute atomic E-state index is 4.79. The highest BCUT2D eigenvalue weighted by atomic mass is 15.3. The zero-order valence-electron chi connectivity index (χ0n) is 16.7. The Morgan fingerprint density at radius 1 is 0.857 bits per heavy atom. The Morgan fingerprint density at radius 2 is 1.64 bits per heavy atom. The molecular weight excluding hydrogens is 348 g/mol. The zero-order valence-corrected chi connectivity index (χ0v) is 16.7. The summed E-state index contributed by atoms with van der Waals surface area (Å²) in [7, 11) is 0. The molecule has 1 aromatic carbocycles. The van der Waals surface area contributed by atoms with E-state index < -0.39 is 0 Å². The third-order valence-electron chi connectivity index (χ3n) is 5.25. The van der Waals surface area contributed by atoms with Crippen LogP contribution in [0.3, 0.4) is 0 Å². The molecule has 0 amide bonds. The number of hydrogen-bond acceptors (Lipinski definition) is 6. The fraction of sp³-hybridized carbons (Fsp3) is 0.318. The van der Waals surface area contributed by atoms with Gasteiger partial charge >= 0.3 is 0 Å². The maximum atomic E-state index is 4.79. The van der Waals surface area contributed by atoms with Crippen LogP contribution >= 0.6 is 0 Å². The van der Waals surface area contributed by atoms with Gasteiger partial charge in [-0.25, -0.2) is 9.97 Å². The van der Waals surface area contributed by atoms with Gasteiger partial charge in [-0.2, -0.15) is 4.98 Å². The molecule has 0 spiro atoms. The molecule has 1 aliphatic rings. The number of anilines is 4. The molecule has 3 aromatic rings. The largest absolute Gasteiger partial charge is 0.353 e. The predicted molar refractivity (Wildman–Crippen MR) is 115 cm³/mol. The quantitative estimate of drug-likeness (QED) is 0.748. The Labute approximate surface area is 166 Å². The van der Waals surface area contributed by atoms with E-state index in [0.717, 1.165) is 55.1 Å². The Kier molecular flexibility index (Phi) is 5.10. The van der Waals surface area contributed by atoms with Gasteiger partial charge in [0.1, 0.15) is 11.6 Å². The van der Waals surface area contributed by atoms with Crippen LogP contribution in [0.5, 0.6) is 0 Å². The van der Waals surface area contributed by atoms with Gasteiger partial charge in [-0.1, -0.05) is 18.2 Å². The van der Waals surface area contributed by atoms with E-state index >= 15 is 0 Å². The van der Waals surface area contributed by atoms with E-state index in [9.17, 15) is 0 Å². The highest BCUT2D eigenvalue weighted by Crippen LogP contribution is 2.24. The van der Waals surface area contributed by atoms with Crippen LogP contribution in [0.2, 0.25) is 0 Å². The molecule has 144 valence electrons. The van der Waals surface area contributed by atoms with Gasteiger partial charge < -0.3 is 15.1 Å². The van der Waals surface area contributed by atoms with Crippen LogP contribution in [0, 0.1) is 20.8 Å². The van der Waals surface area contributed by atoms with Gasteiger partial charge in [0.25, 0.3) is 0 Å². The van der Waals surface area contributed by atoms with Gasteiger partial charge in [0.2, 0.25) is 5.95 Å². The number of pyridine rings is 1. The lowest BCUT2D eigenvalue weighted by molar-refractivity contribution is 0.634. The SMILES string of the molecule is Cc1cc(Nc2cccc(C)c2C)nc(N2CCN(c3ccccn3)CC2)n1. The molecule has 0 radical (unpaired) electrons. The number of aromatic nitrogens is 3. The van der Waals surface area contributed by atoms with Crippen LogP contribution in [-0.2, 0) is 0 Å². The van der Waals surface area contributed by atoms with Gasteiger partial charge in [-0.05, 0) is 50.1 Å². The second kappa shape index (κ2) is 7.84. The first kappa shape index (κ1) is 18.2. The lowest BCUT2D eigenvalue weighted by Gasteiger charge is -2.35. The Balaban J connectivity index is 1.49. The standard InChI is InChI=1S/C22H26N6/c1-16-7-6-8-19(18(16)3)25-20-15-17(2)24-22(26-20)28-13-11-27(12-14-28)21-9-4-5-10-23-21/h4-10,15H,11-14H2,1-3H3,(H,24,25,26). The van der Waals surface area contributed by atoms with E-state index in [4.69, 9.17) is 4.98 Å². The third kappa shape index (κ3) is 3.91. The summed E-state index contributed by atoms with van der Waals surface area (Å²) in [5, 5.41) is 3.47. The second-order valence-electron chi connectivity index (χ2n) is 7.23. The van der Waals surface area contributed by atoms with E-state index in [-0.39, 0.29) is 0 Å². The molecule has 0 saturated carbocycles. The molecule has 6 heteroatoms. The molecule has 0 bridgehead atoms. The van der Waals surface area contributed by atoms with Crippen molar-refractivity contribution in [3.63, 3.8) is 0 Å². The molecule has 6 nitrogen and oxygen atoms in total. The molecule has 28 heavy (non-hydrogen) atoms. The van der Waals surface area contributed by atoms with Gasteiger partial charge in [-0.3, -0.25) is 0 Å². The summed E-state index contributed by atoms with van der Waals surface area (Å²) in [6.07, 6.45) is 1.84. The normalized spacial score (nSPS) is 14.2. The number of nitrogens with one attached hydrogen (secondary N) is 1. The predicted octanol–water partition coefficient (Wildman–Crippen LogP) is 3.87. The summed E-state index contributed by atoms with van der Waals surface area (Å²) in [6.45, 7) is 9.85. The third-order valence-corrected chi connectivity index (χ3v) is 5.25. The minimum Gasteiger partial charge on any atom is -0.353 e. The summed E-state index contributed by atoms with van der Waals surface area (Å²) in [5.74, 6) is 2.65. The Morgan fingerprint density at radius 3 is 2.39 bits per heavy atom. The number of hydrogen-bond donors (Lipinski definition) is 1. The van der Waals surface area contributed by atoms with Crippen molar-refractivity contribution in [3.8, 4) is 0 Å². The fourth-order valence-corrected chi connectivity index (χ4v) is 3.46. The number of rotatable bonds is 4. The fourth-order valence-electron chi connectivity index (χ4n) is 3.46. The molecule has 1 fully saturated rings. The number of benzene rings is 1. The first-order valence-electron chi connectivity index (χ1n) is 9.70. The zero-order chi connectivity index (χ0) is 19.5. The molecule has 0 aliphatic carbocycles. The van der Waals surface area contributed by atoms with Gasteiger partial charge in [-0.15, -0.1) is 0 Å².